The molecule has 22 heavy (non-hydrogen) atoms. The number of ether oxygens (including phenoxy) is 1. The highest BCUT2D eigenvalue weighted by atomic mass is 16.5. The Labute approximate surface area is 130 Å². The molecule has 0 unspecified atom stereocenters. The van der Waals surface area contributed by atoms with Crippen molar-refractivity contribution in [3.8, 4) is 0 Å². The summed E-state index contributed by atoms with van der Waals surface area (Å²) < 4.78 is 5.37. The highest BCUT2D eigenvalue weighted by Crippen LogP contribution is 2.05. The number of amides is 1. The minimum atomic E-state index is -0.185. The summed E-state index contributed by atoms with van der Waals surface area (Å²) in [5.74, 6) is 1.19. The number of nitrogens with zero attached hydrogens (tertiary/aromatic N) is 3. The second kappa shape index (κ2) is 8.09. The Morgan fingerprint density at radius 1 is 1.23 bits per heavy atom. The molecule has 0 aliphatic rings. The first kappa shape index (κ1) is 15.9. The topological polar surface area (TPSA) is 67.4 Å². The van der Waals surface area contributed by atoms with E-state index in [2.05, 4.69) is 15.3 Å². The number of rotatable bonds is 7. The lowest BCUT2D eigenvalue weighted by Crippen LogP contribution is -2.28. The van der Waals surface area contributed by atoms with E-state index >= 15 is 0 Å². The van der Waals surface area contributed by atoms with Crippen molar-refractivity contribution in [3.63, 3.8) is 0 Å². The van der Waals surface area contributed by atoms with Gasteiger partial charge < -0.3 is 15.0 Å². The molecular weight excluding hydrogens is 280 g/mol. The van der Waals surface area contributed by atoms with Crippen LogP contribution < -0.4 is 10.2 Å². The van der Waals surface area contributed by atoms with E-state index in [1.165, 1.54) is 0 Å². The molecule has 0 aliphatic heterocycles. The van der Waals surface area contributed by atoms with E-state index in [1.807, 2.05) is 55.4 Å². The monoisotopic (exact) mass is 300 g/mol. The molecule has 0 fully saturated rings. The predicted molar refractivity (Wildman–Crippen MR) is 84.3 cm³/mol. The predicted octanol–water partition coefficient (Wildman–Crippen LogP) is 1.38. The van der Waals surface area contributed by atoms with Crippen molar-refractivity contribution in [1.82, 2.24) is 15.3 Å². The molecule has 1 aromatic carbocycles. The minimum absolute atomic E-state index is 0.0161. The number of nitrogens with one attached hydrogen (secondary N) is 1. The Morgan fingerprint density at radius 2 is 2.00 bits per heavy atom. The maximum Gasteiger partial charge on any atom is 0.246 e. The third-order valence-electron chi connectivity index (χ3n) is 2.94. The fourth-order valence-corrected chi connectivity index (χ4v) is 1.79. The van der Waals surface area contributed by atoms with Crippen molar-refractivity contribution >= 4 is 11.7 Å². The Bertz CT molecular complexity index is 602. The molecule has 1 heterocycles. The van der Waals surface area contributed by atoms with Crippen LogP contribution in [0.4, 0.5) is 5.82 Å². The van der Waals surface area contributed by atoms with E-state index in [0.29, 0.717) is 12.4 Å². The molecule has 6 nitrogen and oxygen atoms in total. The molecule has 1 aromatic heterocycles. The average Bonchev–Trinajstić information content (AvgIpc) is 2.54. The SMILES string of the molecule is CN(C)c1ccnc(CNC(=O)COCc2ccccc2)n1. The van der Waals surface area contributed by atoms with Crippen LogP contribution in [0, 0.1) is 0 Å². The van der Waals surface area contributed by atoms with Crippen LogP contribution in [-0.4, -0.2) is 36.6 Å². The van der Waals surface area contributed by atoms with E-state index in [9.17, 15) is 4.79 Å². The first-order valence-corrected chi connectivity index (χ1v) is 7.03. The van der Waals surface area contributed by atoms with Crippen molar-refractivity contribution in [2.75, 3.05) is 25.6 Å². The van der Waals surface area contributed by atoms with E-state index < -0.39 is 0 Å². The van der Waals surface area contributed by atoms with Gasteiger partial charge in [-0.05, 0) is 11.6 Å². The summed E-state index contributed by atoms with van der Waals surface area (Å²) >= 11 is 0. The smallest absolute Gasteiger partial charge is 0.246 e. The van der Waals surface area contributed by atoms with Crippen molar-refractivity contribution in [1.29, 1.82) is 0 Å². The van der Waals surface area contributed by atoms with Crippen LogP contribution in [0.25, 0.3) is 0 Å². The number of benzene rings is 1. The molecule has 0 spiro atoms. The second-order valence-corrected chi connectivity index (χ2v) is 4.98. The van der Waals surface area contributed by atoms with Gasteiger partial charge in [0.2, 0.25) is 5.91 Å². The van der Waals surface area contributed by atoms with E-state index in [0.717, 1.165) is 11.4 Å². The van der Waals surface area contributed by atoms with Gasteiger partial charge in [-0.25, -0.2) is 9.97 Å². The van der Waals surface area contributed by atoms with Gasteiger partial charge in [0.15, 0.2) is 0 Å². The van der Waals surface area contributed by atoms with Crippen LogP contribution in [-0.2, 0) is 22.7 Å². The maximum absolute atomic E-state index is 11.7. The number of hydrogen-bond acceptors (Lipinski definition) is 5. The van der Waals surface area contributed by atoms with Gasteiger partial charge in [0, 0.05) is 20.3 Å². The zero-order valence-corrected chi connectivity index (χ0v) is 12.8. The maximum atomic E-state index is 11.7. The highest BCUT2D eigenvalue weighted by Gasteiger charge is 2.05. The molecule has 116 valence electrons. The summed E-state index contributed by atoms with van der Waals surface area (Å²) in [5.41, 5.74) is 1.04. The summed E-state index contributed by atoms with van der Waals surface area (Å²) in [6, 6.07) is 11.5. The molecule has 0 radical (unpaired) electrons. The van der Waals surface area contributed by atoms with Crippen LogP contribution in [0.1, 0.15) is 11.4 Å². The number of aromatic nitrogens is 2. The van der Waals surface area contributed by atoms with Gasteiger partial charge in [0.25, 0.3) is 0 Å². The van der Waals surface area contributed by atoms with Gasteiger partial charge >= 0.3 is 0 Å². The van der Waals surface area contributed by atoms with Gasteiger partial charge in [-0.3, -0.25) is 4.79 Å². The van der Waals surface area contributed by atoms with Crippen LogP contribution in [0.2, 0.25) is 0 Å². The third-order valence-corrected chi connectivity index (χ3v) is 2.94. The standard InChI is InChI=1S/C16H20N4O2/c1-20(2)15-8-9-17-14(19-15)10-18-16(21)12-22-11-13-6-4-3-5-7-13/h3-9H,10-12H2,1-2H3,(H,18,21). The van der Waals surface area contributed by atoms with Gasteiger partial charge in [-0.2, -0.15) is 0 Å². The molecule has 2 aromatic rings. The van der Waals surface area contributed by atoms with Crippen molar-refractivity contribution in [2.45, 2.75) is 13.2 Å². The van der Waals surface area contributed by atoms with Gasteiger partial charge in [0.1, 0.15) is 18.2 Å². The zero-order valence-electron chi connectivity index (χ0n) is 12.8. The molecule has 0 saturated heterocycles. The molecule has 0 saturated carbocycles. The molecule has 0 bridgehead atoms. The van der Waals surface area contributed by atoms with E-state index in [1.54, 1.807) is 6.20 Å². The molecule has 0 aliphatic carbocycles. The lowest BCUT2D eigenvalue weighted by atomic mass is 10.2. The summed E-state index contributed by atoms with van der Waals surface area (Å²) in [4.78, 5) is 22.1. The third kappa shape index (κ3) is 5.14. The summed E-state index contributed by atoms with van der Waals surface area (Å²) in [5, 5.41) is 2.74. The Kier molecular flexibility index (Phi) is 5.85. The Morgan fingerprint density at radius 3 is 2.73 bits per heavy atom. The number of hydrogen-bond donors (Lipinski definition) is 1. The first-order chi connectivity index (χ1) is 10.6. The van der Waals surface area contributed by atoms with Crippen LogP contribution in [0.5, 0.6) is 0 Å². The second-order valence-electron chi connectivity index (χ2n) is 4.98. The quantitative estimate of drug-likeness (QED) is 0.836. The van der Waals surface area contributed by atoms with E-state index in [-0.39, 0.29) is 19.1 Å². The number of carbonyl (C=O) groups excluding carboxylic acids is 1. The Balaban J connectivity index is 1.72. The molecule has 1 amide bonds. The van der Waals surface area contributed by atoms with Crippen LogP contribution >= 0.6 is 0 Å². The lowest BCUT2D eigenvalue weighted by molar-refractivity contribution is -0.126. The average molecular weight is 300 g/mol. The first-order valence-electron chi connectivity index (χ1n) is 7.03. The molecule has 1 N–H and O–H groups in total. The fraction of sp³-hybridized carbons (Fsp3) is 0.312. The fourth-order valence-electron chi connectivity index (χ4n) is 1.79. The zero-order chi connectivity index (χ0) is 15.8. The lowest BCUT2D eigenvalue weighted by Gasteiger charge is -2.12. The van der Waals surface area contributed by atoms with Gasteiger partial charge in [0.05, 0.1) is 13.2 Å². The van der Waals surface area contributed by atoms with Crippen molar-refractivity contribution in [2.24, 2.45) is 0 Å². The van der Waals surface area contributed by atoms with Crippen molar-refractivity contribution < 1.29 is 9.53 Å². The number of carbonyl (C=O) groups is 1. The summed E-state index contributed by atoms with van der Waals surface area (Å²) in [7, 11) is 3.81. The van der Waals surface area contributed by atoms with Crippen molar-refractivity contribution in [3.05, 3.63) is 54.0 Å². The molecule has 0 atom stereocenters. The van der Waals surface area contributed by atoms with Crippen LogP contribution in [0.3, 0.4) is 0 Å². The molecular formula is C16H20N4O2. The summed E-state index contributed by atoms with van der Waals surface area (Å²) in [6.45, 7) is 0.721. The molecule has 2 rings (SSSR count). The normalized spacial score (nSPS) is 10.3. The largest absolute Gasteiger partial charge is 0.367 e. The van der Waals surface area contributed by atoms with Crippen LogP contribution in [0.15, 0.2) is 42.6 Å². The number of anilines is 1. The van der Waals surface area contributed by atoms with E-state index in [4.69, 9.17) is 4.74 Å². The minimum Gasteiger partial charge on any atom is -0.367 e. The van der Waals surface area contributed by atoms with Gasteiger partial charge in [-0.15, -0.1) is 0 Å². The molecule has 6 heteroatoms. The summed E-state index contributed by atoms with van der Waals surface area (Å²) in [6.07, 6.45) is 1.68. The van der Waals surface area contributed by atoms with Gasteiger partial charge in [-0.1, -0.05) is 30.3 Å². The Hall–Kier alpha value is -2.47. The highest BCUT2D eigenvalue weighted by molar-refractivity contribution is 5.77.